The average Bonchev–Trinajstić information content (AvgIpc) is 3.04. The number of hydrogen-bond donors (Lipinski definition) is 1. The highest BCUT2D eigenvalue weighted by molar-refractivity contribution is 6.03. The lowest BCUT2D eigenvalue weighted by Gasteiger charge is -2.37. The zero-order valence-corrected chi connectivity index (χ0v) is 15.3. The first-order valence-electron chi connectivity index (χ1n) is 9.08. The second-order valence-corrected chi connectivity index (χ2v) is 6.90. The summed E-state index contributed by atoms with van der Waals surface area (Å²) in [5.74, 6) is -0.261. The van der Waals surface area contributed by atoms with E-state index < -0.39 is 5.79 Å². The molecule has 1 aromatic rings. The monoisotopic (exact) mass is 362 g/mol. The first kappa shape index (κ1) is 18.7. The van der Waals surface area contributed by atoms with E-state index in [-0.39, 0.29) is 24.3 Å². The molecule has 2 saturated heterocycles. The summed E-state index contributed by atoms with van der Waals surface area (Å²) in [6, 6.07) is 7.12. The molecule has 0 saturated carbocycles. The number of hydrogen-bond acceptors (Lipinski definition) is 5. The zero-order valence-electron chi connectivity index (χ0n) is 15.3. The van der Waals surface area contributed by atoms with Gasteiger partial charge in [-0.05, 0) is 38.1 Å². The molecule has 1 aromatic carbocycles. The summed E-state index contributed by atoms with van der Waals surface area (Å²) in [7, 11) is 0. The summed E-state index contributed by atoms with van der Waals surface area (Å²) in [5.41, 5.74) is 0.643. The molecule has 2 heterocycles. The molecule has 2 aliphatic heterocycles. The van der Waals surface area contributed by atoms with Crippen LogP contribution in [0.15, 0.2) is 24.3 Å². The number of piperidine rings is 1. The number of carbonyl (C=O) groups is 2. The maximum atomic E-state index is 12.3. The molecule has 0 aromatic heterocycles. The number of anilines is 1. The van der Waals surface area contributed by atoms with E-state index in [1.54, 1.807) is 29.2 Å². The summed E-state index contributed by atoms with van der Waals surface area (Å²) in [6.45, 7) is 6.22. The molecule has 2 amide bonds. The molecule has 0 atom stereocenters. The van der Waals surface area contributed by atoms with E-state index >= 15 is 0 Å². The van der Waals surface area contributed by atoms with Gasteiger partial charge in [0, 0.05) is 31.6 Å². The largest absolute Gasteiger partial charge is 0.491 e. The van der Waals surface area contributed by atoms with E-state index in [1.165, 1.54) is 0 Å². The van der Waals surface area contributed by atoms with E-state index in [4.69, 9.17) is 14.2 Å². The van der Waals surface area contributed by atoms with Crippen LogP contribution in [-0.2, 0) is 19.1 Å². The van der Waals surface area contributed by atoms with Gasteiger partial charge in [0.15, 0.2) is 5.79 Å². The number of carbonyl (C=O) groups excluding carboxylic acids is 2. The molecule has 7 heteroatoms. The molecule has 0 bridgehead atoms. The minimum absolute atomic E-state index is 0.0942. The standard InChI is InChI=1S/C19H26N2O5/c1-14(2)26-16-5-3-15(4-6-16)20-17(22)13-18(23)21-9-7-19(8-10-21)24-11-12-25-19/h3-6,14H,7-13H2,1-2H3,(H,20,22). The number of ether oxygens (including phenoxy) is 3. The van der Waals surface area contributed by atoms with Crippen LogP contribution in [-0.4, -0.2) is 54.9 Å². The van der Waals surface area contributed by atoms with Gasteiger partial charge in [0.2, 0.25) is 11.8 Å². The molecule has 2 aliphatic rings. The molecule has 0 radical (unpaired) electrons. The molecule has 2 fully saturated rings. The summed E-state index contributed by atoms with van der Waals surface area (Å²) in [5, 5.41) is 2.75. The van der Waals surface area contributed by atoms with Crippen LogP contribution in [0.1, 0.15) is 33.1 Å². The van der Waals surface area contributed by atoms with Crippen molar-refractivity contribution in [2.45, 2.75) is 45.0 Å². The van der Waals surface area contributed by atoms with Crippen LogP contribution < -0.4 is 10.1 Å². The van der Waals surface area contributed by atoms with Crippen molar-refractivity contribution in [1.82, 2.24) is 4.90 Å². The number of benzene rings is 1. The van der Waals surface area contributed by atoms with E-state index in [0.29, 0.717) is 44.8 Å². The lowest BCUT2D eigenvalue weighted by atomic mass is 10.0. The highest BCUT2D eigenvalue weighted by Gasteiger charge is 2.40. The first-order chi connectivity index (χ1) is 12.5. The molecule has 0 unspecified atom stereocenters. The number of likely N-dealkylation sites (tertiary alicyclic amines) is 1. The lowest BCUT2D eigenvalue weighted by molar-refractivity contribution is -0.187. The predicted octanol–water partition coefficient (Wildman–Crippen LogP) is 2.17. The fourth-order valence-corrected chi connectivity index (χ4v) is 3.23. The fourth-order valence-electron chi connectivity index (χ4n) is 3.23. The smallest absolute Gasteiger partial charge is 0.233 e. The van der Waals surface area contributed by atoms with Gasteiger partial charge in [-0.15, -0.1) is 0 Å². The molecular formula is C19H26N2O5. The zero-order chi connectivity index (χ0) is 18.6. The third-order valence-corrected chi connectivity index (χ3v) is 4.51. The quantitative estimate of drug-likeness (QED) is 0.813. The Morgan fingerprint density at radius 3 is 2.35 bits per heavy atom. The van der Waals surface area contributed by atoms with E-state index in [0.717, 1.165) is 5.75 Å². The van der Waals surface area contributed by atoms with Gasteiger partial charge in [-0.25, -0.2) is 0 Å². The predicted molar refractivity (Wildman–Crippen MR) is 95.9 cm³/mol. The van der Waals surface area contributed by atoms with Crippen LogP contribution >= 0.6 is 0 Å². The summed E-state index contributed by atoms with van der Waals surface area (Å²) >= 11 is 0. The van der Waals surface area contributed by atoms with Gasteiger partial charge in [-0.3, -0.25) is 9.59 Å². The summed E-state index contributed by atoms with van der Waals surface area (Å²) < 4.78 is 16.9. The van der Waals surface area contributed by atoms with Gasteiger partial charge >= 0.3 is 0 Å². The van der Waals surface area contributed by atoms with Gasteiger partial charge in [-0.1, -0.05) is 0 Å². The Morgan fingerprint density at radius 1 is 1.15 bits per heavy atom. The lowest BCUT2D eigenvalue weighted by Crippen LogP contribution is -2.47. The molecule has 3 rings (SSSR count). The van der Waals surface area contributed by atoms with E-state index in [1.807, 2.05) is 13.8 Å². The number of amides is 2. The van der Waals surface area contributed by atoms with E-state index in [9.17, 15) is 9.59 Å². The van der Waals surface area contributed by atoms with Crippen LogP contribution in [0.25, 0.3) is 0 Å². The van der Waals surface area contributed by atoms with Crippen LogP contribution in [0.2, 0.25) is 0 Å². The number of nitrogens with one attached hydrogen (secondary N) is 1. The van der Waals surface area contributed by atoms with Crippen molar-refractivity contribution in [1.29, 1.82) is 0 Å². The highest BCUT2D eigenvalue weighted by Crippen LogP contribution is 2.31. The van der Waals surface area contributed by atoms with Crippen molar-refractivity contribution < 1.29 is 23.8 Å². The normalized spacial score (nSPS) is 19.0. The minimum atomic E-state index is -0.515. The Morgan fingerprint density at radius 2 is 1.77 bits per heavy atom. The second kappa shape index (κ2) is 8.05. The third kappa shape index (κ3) is 4.74. The van der Waals surface area contributed by atoms with Gasteiger partial charge in [0.25, 0.3) is 0 Å². The van der Waals surface area contributed by atoms with Crippen LogP contribution in [0, 0.1) is 0 Å². The van der Waals surface area contributed by atoms with Crippen LogP contribution in [0.4, 0.5) is 5.69 Å². The topological polar surface area (TPSA) is 77.1 Å². The van der Waals surface area contributed by atoms with Crippen molar-refractivity contribution in [2.24, 2.45) is 0 Å². The Hall–Kier alpha value is -2.12. The third-order valence-electron chi connectivity index (χ3n) is 4.51. The van der Waals surface area contributed by atoms with Crippen molar-refractivity contribution in [3.8, 4) is 5.75 Å². The Bertz CT molecular complexity index is 628. The van der Waals surface area contributed by atoms with Crippen molar-refractivity contribution >= 4 is 17.5 Å². The molecule has 142 valence electrons. The average molecular weight is 362 g/mol. The van der Waals surface area contributed by atoms with Gasteiger partial charge in [-0.2, -0.15) is 0 Å². The Balaban J connectivity index is 1.45. The summed E-state index contributed by atoms with van der Waals surface area (Å²) in [4.78, 5) is 26.2. The maximum absolute atomic E-state index is 12.3. The molecular weight excluding hydrogens is 336 g/mol. The van der Waals surface area contributed by atoms with Crippen molar-refractivity contribution in [3.63, 3.8) is 0 Å². The molecule has 26 heavy (non-hydrogen) atoms. The van der Waals surface area contributed by atoms with E-state index in [2.05, 4.69) is 5.32 Å². The first-order valence-corrected chi connectivity index (χ1v) is 9.08. The maximum Gasteiger partial charge on any atom is 0.233 e. The highest BCUT2D eigenvalue weighted by atomic mass is 16.7. The molecule has 1 N–H and O–H groups in total. The van der Waals surface area contributed by atoms with Crippen LogP contribution in [0.5, 0.6) is 5.75 Å². The van der Waals surface area contributed by atoms with Crippen LogP contribution in [0.3, 0.4) is 0 Å². The minimum Gasteiger partial charge on any atom is -0.491 e. The Labute approximate surface area is 153 Å². The molecule has 1 spiro atoms. The van der Waals surface area contributed by atoms with Gasteiger partial charge < -0.3 is 24.4 Å². The number of nitrogens with zero attached hydrogens (tertiary/aromatic N) is 1. The molecule has 7 nitrogen and oxygen atoms in total. The summed E-state index contributed by atoms with van der Waals surface area (Å²) in [6.07, 6.45) is 1.23. The van der Waals surface area contributed by atoms with Crippen molar-refractivity contribution in [2.75, 3.05) is 31.6 Å². The van der Waals surface area contributed by atoms with Gasteiger partial charge in [0.05, 0.1) is 19.3 Å². The van der Waals surface area contributed by atoms with Gasteiger partial charge in [0.1, 0.15) is 12.2 Å². The molecule has 0 aliphatic carbocycles. The SMILES string of the molecule is CC(C)Oc1ccc(NC(=O)CC(=O)N2CCC3(CC2)OCCO3)cc1. The second-order valence-electron chi connectivity index (χ2n) is 6.90. The number of rotatable bonds is 5. The fraction of sp³-hybridized carbons (Fsp3) is 0.579. The Kier molecular flexibility index (Phi) is 5.78. The van der Waals surface area contributed by atoms with Crippen molar-refractivity contribution in [3.05, 3.63) is 24.3 Å².